The van der Waals surface area contributed by atoms with Gasteiger partial charge in [-0.1, -0.05) is 0 Å². The molecular weight excluding hydrogens is 694 g/mol. The lowest BCUT2D eigenvalue weighted by Crippen LogP contribution is -2.33. The number of phosphoric ester groups is 1. The van der Waals surface area contributed by atoms with Crippen molar-refractivity contribution < 1.29 is 46.7 Å². The predicted octanol–water partition coefficient (Wildman–Crippen LogP) is 1.10. The molecule has 18 nitrogen and oxygen atoms in total. The molecule has 2 N–H and O–H groups in total. The summed E-state index contributed by atoms with van der Waals surface area (Å²) in [6.07, 6.45) is -3.63. The molecule has 0 bridgehead atoms. The Bertz CT molecular complexity index is 1640. The molecule has 0 aromatic carbocycles. The number of phosphoric acid groups is 1. The SMILES string of the molecule is CC(=O)O[C@H]1C[C@H](n2cc(C)c(=O)[nH]c2=O)O[C@@H]1COP(=O)(OCC(Cl)Cl)OC[C@H]1O[C@@H](n2cc(C)c(=O)[nH]c2=O)C[C@@H]1OC(C)=O. The fraction of sp³-hybridized carbons (Fsp3) is 0.615. The monoisotopic (exact) mass is 726 g/mol. The first kappa shape index (κ1) is 36.7. The van der Waals surface area contributed by atoms with Gasteiger partial charge in [-0.2, -0.15) is 0 Å². The predicted molar refractivity (Wildman–Crippen MR) is 161 cm³/mol. The van der Waals surface area contributed by atoms with E-state index >= 15 is 0 Å². The van der Waals surface area contributed by atoms with Crippen molar-refractivity contribution in [3.05, 3.63) is 65.2 Å². The molecule has 0 amide bonds. The van der Waals surface area contributed by atoms with Gasteiger partial charge in [-0.25, -0.2) is 14.2 Å². The van der Waals surface area contributed by atoms with Crippen LogP contribution in [0.25, 0.3) is 0 Å². The standard InChI is InChI=1S/C26H33Cl2N4O14P/c1-12-7-31(25(37)29-23(12)35)21-5-16(43-14(3)33)18(45-21)9-40-47(39,42-11-20(27)28)41-10-19-17(44-15(4)34)6-22(46-19)32-8-13(2)24(36)30-26(32)38/h7-8,16-22H,5-6,9-11H2,1-4H3,(H,29,35,37)(H,30,36,38)/t16-,17-,18+,19+,21+,22+/m0/s1. The molecular formula is C26H33Cl2N4O14P. The van der Waals surface area contributed by atoms with Gasteiger partial charge in [0.15, 0.2) is 0 Å². The van der Waals surface area contributed by atoms with Gasteiger partial charge in [0, 0.05) is 50.2 Å². The van der Waals surface area contributed by atoms with Crippen molar-refractivity contribution in [3.63, 3.8) is 0 Å². The Morgan fingerprint density at radius 2 is 1.23 bits per heavy atom. The highest BCUT2D eigenvalue weighted by Crippen LogP contribution is 2.51. The Hall–Kier alpha value is -3.09. The highest BCUT2D eigenvalue weighted by molar-refractivity contribution is 7.48. The lowest BCUT2D eigenvalue weighted by Gasteiger charge is -2.24. The van der Waals surface area contributed by atoms with Crippen LogP contribution in [0.5, 0.6) is 0 Å². The number of carbonyl (C=O) groups excluding carboxylic acids is 2. The fourth-order valence-electron chi connectivity index (χ4n) is 4.91. The van der Waals surface area contributed by atoms with Gasteiger partial charge in [0.1, 0.15) is 41.7 Å². The first-order chi connectivity index (χ1) is 22.0. The van der Waals surface area contributed by atoms with Crippen LogP contribution >= 0.6 is 31.0 Å². The molecule has 2 saturated heterocycles. The van der Waals surface area contributed by atoms with E-state index < -0.39 is 104 Å². The molecule has 0 spiro atoms. The number of halogens is 2. The highest BCUT2D eigenvalue weighted by Gasteiger charge is 2.44. The summed E-state index contributed by atoms with van der Waals surface area (Å²) in [5.41, 5.74) is -2.24. The molecule has 47 heavy (non-hydrogen) atoms. The minimum absolute atomic E-state index is 0.0264. The van der Waals surface area contributed by atoms with Crippen molar-refractivity contribution >= 4 is 43.0 Å². The fourth-order valence-corrected chi connectivity index (χ4v) is 6.42. The molecule has 21 heteroatoms. The molecule has 260 valence electrons. The number of carbonyl (C=O) groups is 2. The zero-order valence-corrected chi connectivity index (χ0v) is 28.0. The zero-order chi connectivity index (χ0) is 34.6. The molecule has 0 radical (unpaired) electrons. The van der Waals surface area contributed by atoms with Crippen LogP contribution in [0.15, 0.2) is 31.6 Å². The van der Waals surface area contributed by atoms with Crippen molar-refractivity contribution in [2.24, 2.45) is 0 Å². The lowest BCUT2D eigenvalue weighted by molar-refractivity contribution is -0.150. The van der Waals surface area contributed by atoms with Crippen LogP contribution < -0.4 is 22.5 Å². The lowest BCUT2D eigenvalue weighted by atomic mass is 10.2. The smallest absolute Gasteiger partial charge is 0.460 e. The quantitative estimate of drug-likeness (QED) is 0.168. The Morgan fingerprint density at radius 3 is 1.60 bits per heavy atom. The van der Waals surface area contributed by atoms with Gasteiger partial charge in [0.2, 0.25) is 0 Å². The number of esters is 2. The molecule has 0 saturated carbocycles. The van der Waals surface area contributed by atoms with Gasteiger partial charge in [-0.3, -0.25) is 51.9 Å². The highest BCUT2D eigenvalue weighted by atomic mass is 35.5. The second-order valence-electron chi connectivity index (χ2n) is 10.7. The van der Waals surface area contributed by atoms with Gasteiger partial charge in [0.05, 0.1) is 19.8 Å². The first-order valence-corrected chi connectivity index (χ1v) is 16.5. The first-order valence-electron chi connectivity index (χ1n) is 14.2. The summed E-state index contributed by atoms with van der Waals surface area (Å²) < 4.78 is 54.9. The van der Waals surface area contributed by atoms with Crippen LogP contribution in [-0.4, -0.2) is 80.1 Å². The second kappa shape index (κ2) is 15.4. The largest absolute Gasteiger partial charge is 0.475 e. The minimum Gasteiger partial charge on any atom is -0.460 e. The van der Waals surface area contributed by atoms with Crippen LogP contribution in [0, 0.1) is 13.8 Å². The summed E-state index contributed by atoms with van der Waals surface area (Å²) in [5.74, 6) is -1.34. The third kappa shape index (κ3) is 9.51. The molecule has 0 aliphatic carbocycles. The number of alkyl halides is 2. The van der Waals surface area contributed by atoms with E-state index in [-0.39, 0.29) is 24.0 Å². The maximum Gasteiger partial charge on any atom is 0.475 e. The molecule has 4 rings (SSSR count). The number of nitrogens with one attached hydrogen (secondary N) is 2. The van der Waals surface area contributed by atoms with Gasteiger partial charge in [-0.05, 0) is 13.8 Å². The second-order valence-corrected chi connectivity index (χ2v) is 13.7. The van der Waals surface area contributed by atoms with Crippen molar-refractivity contribution in [1.82, 2.24) is 19.1 Å². The van der Waals surface area contributed by atoms with Crippen LogP contribution in [0.2, 0.25) is 0 Å². The number of aryl methyl sites for hydroxylation is 2. The number of hydrogen-bond acceptors (Lipinski definition) is 14. The van der Waals surface area contributed by atoms with Crippen molar-refractivity contribution in [3.8, 4) is 0 Å². The van der Waals surface area contributed by atoms with E-state index in [1.807, 2.05) is 0 Å². The van der Waals surface area contributed by atoms with Gasteiger partial charge < -0.3 is 18.9 Å². The van der Waals surface area contributed by atoms with E-state index in [0.29, 0.717) is 0 Å². The number of hydrogen-bond donors (Lipinski definition) is 2. The molecule has 4 heterocycles. The van der Waals surface area contributed by atoms with E-state index in [1.54, 1.807) is 0 Å². The number of H-pyrrole nitrogens is 2. The van der Waals surface area contributed by atoms with Crippen LogP contribution in [0.4, 0.5) is 0 Å². The van der Waals surface area contributed by atoms with E-state index in [0.717, 1.165) is 23.0 Å². The Labute approximate surface area is 275 Å². The van der Waals surface area contributed by atoms with Gasteiger partial charge in [0.25, 0.3) is 11.1 Å². The topological polar surface area (TPSA) is 226 Å². The Balaban J connectivity index is 1.51. The zero-order valence-electron chi connectivity index (χ0n) is 25.5. The number of aromatic amines is 2. The van der Waals surface area contributed by atoms with E-state index in [1.165, 1.54) is 26.2 Å². The molecule has 2 aliphatic rings. The Kier molecular flexibility index (Phi) is 12.1. The van der Waals surface area contributed by atoms with E-state index in [2.05, 4.69) is 9.97 Å². The number of rotatable bonds is 13. The van der Waals surface area contributed by atoms with Crippen LogP contribution in [-0.2, 0) is 46.7 Å². The molecule has 2 aliphatic heterocycles. The van der Waals surface area contributed by atoms with Crippen molar-refractivity contribution in [1.29, 1.82) is 0 Å². The van der Waals surface area contributed by atoms with Gasteiger partial charge >= 0.3 is 31.1 Å². The average molecular weight is 727 g/mol. The van der Waals surface area contributed by atoms with E-state index in [4.69, 9.17) is 55.7 Å². The molecule has 0 unspecified atom stereocenters. The number of ether oxygens (including phenoxy) is 4. The third-order valence-corrected chi connectivity index (χ3v) is 8.71. The van der Waals surface area contributed by atoms with Gasteiger partial charge in [-0.15, -0.1) is 23.2 Å². The molecule has 2 aromatic heterocycles. The molecule has 6 atom stereocenters. The van der Waals surface area contributed by atoms with Crippen LogP contribution in [0.3, 0.4) is 0 Å². The summed E-state index contributed by atoms with van der Waals surface area (Å²) in [7, 11) is -4.57. The molecule has 2 fully saturated rings. The number of aromatic nitrogens is 4. The maximum absolute atomic E-state index is 13.8. The normalized spacial score (nSPS) is 24.5. The average Bonchev–Trinajstić information content (AvgIpc) is 3.56. The molecule has 2 aromatic rings. The summed E-state index contributed by atoms with van der Waals surface area (Å²) in [5, 5.41) is 0. The number of nitrogens with zero attached hydrogens (tertiary/aromatic N) is 2. The van der Waals surface area contributed by atoms with Crippen LogP contribution in [0.1, 0.15) is 50.3 Å². The van der Waals surface area contributed by atoms with E-state index in [9.17, 15) is 33.3 Å². The summed E-state index contributed by atoms with van der Waals surface area (Å²) in [6, 6.07) is 0. The summed E-state index contributed by atoms with van der Waals surface area (Å²) >= 11 is 11.6. The minimum atomic E-state index is -4.57. The third-order valence-electron chi connectivity index (χ3n) is 7.06. The summed E-state index contributed by atoms with van der Waals surface area (Å²) in [6.45, 7) is 3.69. The van der Waals surface area contributed by atoms with Crippen molar-refractivity contribution in [2.75, 3.05) is 19.8 Å². The Morgan fingerprint density at radius 1 is 0.830 bits per heavy atom. The van der Waals surface area contributed by atoms with Crippen molar-refractivity contribution in [2.45, 2.75) is 82.2 Å². The maximum atomic E-state index is 13.8. The summed E-state index contributed by atoms with van der Waals surface area (Å²) in [4.78, 5) is 75.4.